The number of hydrogen-bond donors (Lipinski definition) is 4. The van der Waals surface area contributed by atoms with E-state index in [0.717, 1.165) is 56.2 Å². The van der Waals surface area contributed by atoms with Crippen molar-refractivity contribution >= 4 is 29.4 Å². The quantitative estimate of drug-likeness (QED) is 0.0690. The van der Waals surface area contributed by atoms with E-state index in [1.54, 1.807) is 0 Å². The van der Waals surface area contributed by atoms with Gasteiger partial charge in [-0.25, -0.2) is 0 Å². The number of benzene rings is 2. The zero-order valence-electron chi connectivity index (χ0n) is 36.0. The van der Waals surface area contributed by atoms with Gasteiger partial charge in [0.2, 0.25) is 23.6 Å². The number of carbonyl (C=O) groups is 5. The van der Waals surface area contributed by atoms with Gasteiger partial charge >= 0.3 is 0 Å². The molecule has 1 aliphatic carbocycles. The first-order valence-corrected chi connectivity index (χ1v) is 21.6. The number of Topliss-reactive ketones (excluding diaryl/α,β-unsaturated/α-hetero) is 1. The summed E-state index contributed by atoms with van der Waals surface area (Å²) in [5.41, 5.74) is 1.48. The molecule has 2 aromatic rings. The molecule has 1 fully saturated rings. The highest BCUT2D eigenvalue weighted by Crippen LogP contribution is 2.47. The summed E-state index contributed by atoms with van der Waals surface area (Å²) >= 11 is 0. The predicted octanol–water partition coefficient (Wildman–Crippen LogP) is 6.94. The number of ketones is 1. The lowest BCUT2D eigenvalue weighted by atomic mass is 9.91. The van der Waals surface area contributed by atoms with E-state index in [1.807, 2.05) is 95.3 Å². The minimum Gasteiger partial charge on any atom is -0.344 e. The maximum Gasteiger partial charge on any atom is 0.243 e. The van der Waals surface area contributed by atoms with Crippen molar-refractivity contribution in [3.63, 3.8) is 0 Å². The molecule has 4 atom stereocenters. The lowest BCUT2D eigenvalue weighted by molar-refractivity contribution is -0.135. The minimum atomic E-state index is -0.979. The van der Waals surface area contributed by atoms with E-state index in [2.05, 4.69) is 40.3 Å². The van der Waals surface area contributed by atoms with E-state index in [9.17, 15) is 24.0 Å². The predicted molar refractivity (Wildman–Crippen MR) is 229 cm³/mol. The lowest BCUT2D eigenvalue weighted by Crippen LogP contribution is -2.58. The molecule has 0 saturated heterocycles. The Kier molecular flexibility index (Phi) is 20.5. The molecule has 1 saturated carbocycles. The number of nitrogens with zero attached hydrogens (tertiary/aromatic N) is 1. The van der Waals surface area contributed by atoms with Crippen molar-refractivity contribution in [2.24, 2.45) is 17.3 Å². The fraction of sp³-hybridized carbons (Fsp3) is 0.638. The molecule has 4 amide bonds. The number of rotatable bonds is 28. The second-order valence-electron chi connectivity index (χ2n) is 17.7. The number of amides is 4. The first kappa shape index (κ1) is 47.3. The van der Waals surface area contributed by atoms with Crippen LogP contribution in [0.2, 0.25) is 0 Å². The van der Waals surface area contributed by atoms with Crippen LogP contribution in [-0.2, 0) is 36.8 Å². The Labute approximate surface area is 343 Å². The summed E-state index contributed by atoms with van der Waals surface area (Å²) in [5, 5.41) is 11.9. The molecule has 0 aliphatic heterocycles. The summed E-state index contributed by atoms with van der Waals surface area (Å²) in [6, 6.07) is 15.9. The van der Waals surface area contributed by atoms with Crippen LogP contribution in [0.25, 0.3) is 0 Å². The third-order valence-electron chi connectivity index (χ3n) is 10.9. The van der Waals surface area contributed by atoms with Gasteiger partial charge in [0.05, 0.1) is 6.04 Å². The number of unbranched alkanes of at least 4 members (excludes halogenated alkanes) is 6. The van der Waals surface area contributed by atoms with Gasteiger partial charge in [-0.3, -0.25) is 24.0 Å². The average molecular weight is 788 g/mol. The van der Waals surface area contributed by atoms with E-state index >= 15 is 0 Å². The summed E-state index contributed by atoms with van der Waals surface area (Å²) in [4.78, 5) is 71.2. The van der Waals surface area contributed by atoms with E-state index in [-0.39, 0.29) is 29.9 Å². The van der Waals surface area contributed by atoms with Gasteiger partial charge in [-0.2, -0.15) is 0 Å². The second kappa shape index (κ2) is 24.7. The molecule has 57 heavy (non-hydrogen) atoms. The largest absolute Gasteiger partial charge is 0.344 e. The normalized spacial score (nSPS) is 15.4. The van der Waals surface area contributed by atoms with Crippen LogP contribution in [-0.4, -0.2) is 79.1 Å². The molecule has 4 N–H and O–H groups in total. The molecule has 10 nitrogen and oxygen atoms in total. The number of aryl methyl sites for hydroxylation is 1. The molecule has 3 rings (SSSR count). The van der Waals surface area contributed by atoms with Crippen LogP contribution in [0.3, 0.4) is 0 Å². The minimum absolute atomic E-state index is 0.0361. The van der Waals surface area contributed by atoms with E-state index in [1.165, 1.54) is 19.3 Å². The number of nitrogens with one attached hydrogen (secondary N) is 4. The Hall–Kier alpha value is -4.05. The van der Waals surface area contributed by atoms with E-state index in [0.29, 0.717) is 32.1 Å². The third-order valence-corrected chi connectivity index (χ3v) is 10.9. The zero-order chi connectivity index (χ0) is 41.8. The van der Waals surface area contributed by atoms with E-state index in [4.69, 9.17) is 0 Å². The van der Waals surface area contributed by atoms with Crippen LogP contribution in [0.1, 0.15) is 129 Å². The molecule has 316 valence electrons. The molecule has 2 aromatic carbocycles. The smallest absolute Gasteiger partial charge is 0.243 e. The molecule has 0 bridgehead atoms. The molecular formula is C47H73N5O5. The molecule has 1 aliphatic rings. The average Bonchev–Trinajstić information content (AvgIpc) is 3.92. The molecule has 10 heteroatoms. The SMILES string of the molecule is CC(C)C[C@H](NC(=O)[C@H](CCc1ccccc1)NC(=O)CCCCCCCCCN(C)C)C(=O)N[C@@H](Cc1ccccc1)C(=O)N[C@@H](CC(C)C)C(=O)C1(C)CC1. The van der Waals surface area contributed by atoms with Crippen molar-refractivity contribution in [3.8, 4) is 0 Å². The number of hydrogen-bond acceptors (Lipinski definition) is 6. The number of carbonyl (C=O) groups excluding carboxylic acids is 5. The van der Waals surface area contributed by atoms with Gasteiger partial charge in [-0.15, -0.1) is 0 Å². The lowest BCUT2D eigenvalue weighted by Gasteiger charge is -2.28. The van der Waals surface area contributed by atoms with Crippen molar-refractivity contribution in [1.82, 2.24) is 26.2 Å². The molecule has 0 unspecified atom stereocenters. The summed E-state index contributed by atoms with van der Waals surface area (Å²) < 4.78 is 0. The maximum atomic E-state index is 14.2. The fourth-order valence-corrected chi connectivity index (χ4v) is 7.22. The summed E-state index contributed by atoms with van der Waals surface area (Å²) in [7, 11) is 4.19. The van der Waals surface area contributed by atoms with Crippen molar-refractivity contribution in [3.05, 3.63) is 71.8 Å². The van der Waals surface area contributed by atoms with Crippen LogP contribution < -0.4 is 21.3 Å². The second-order valence-corrected chi connectivity index (χ2v) is 17.7. The van der Waals surface area contributed by atoms with Gasteiger partial charge in [0.15, 0.2) is 5.78 Å². The first-order valence-electron chi connectivity index (χ1n) is 21.6. The Morgan fingerprint density at radius 1 is 0.596 bits per heavy atom. The first-order chi connectivity index (χ1) is 27.2. The molecule has 0 radical (unpaired) electrons. The van der Waals surface area contributed by atoms with Crippen molar-refractivity contribution in [2.45, 2.75) is 155 Å². The van der Waals surface area contributed by atoms with Gasteiger partial charge in [0, 0.05) is 18.3 Å². The van der Waals surface area contributed by atoms with Crippen LogP contribution in [0.15, 0.2) is 60.7 Å². The standard InChI is InChI=1S/C47H73N5O5/c1-34(2)31-39(43(54)47(5)28-29-47)49-46(57)41(33-37-23-17-14-18-24-37)51-45(56)40(32-35(3)4)50-44(55)38(27-26-36-21-15-13-16-22-36)48-42(53)25-19-11-9-8-10-12-20-30-52(6)7/h13-18,21-24,34-35,38-41H,8-12,19-20,25-33H2,1-7H3,(H,48,53)(H,49,57)(H,50,55)(H,51,56)/t38-,39-,40-,41-/m0/s1. The molecule has 0 heterocycles. The maximum absolute atomic E-state index is 14.2. The van der Waals surface area contributed by atoms with Crippen LogP contribution in [0, 0.1) is 17.3 Å². The van der Waals surface area contributed by atoms with Gasteiger partial charge in [-0.05, 0) is 95.0 Å². The van der Waals surface area contributed by atoms with Gasteiger partial charge < -0.3 is 26.2 Å². The van der Waals surface area contributed by atoms with Crippen LogP contribution >= 0.6 is 0 Å². The van der Waals surface area contributed by atoms with Gasteiger partial charge in [-0.1, -0.05) is 127 Å². The highest BCUT2D eigenvalue weighted by molar-refractivity contribution is 5.97. The molecule has 0 aromatic heterocycles. The summed E-state index contributed by atoms with van der Waals surface area (Å²) in [5.74, 6) is -1.26. The van der Waals surface area contributed by atoms with Crippen molar-refractivity contribution in [1.29, 1.82) is 0 Å². The Morgan fingerprint density at radius 3 is 1.63 bits per heavy atom. The molecular weight excluding hydrogens is 715 g/mol. The highest BCUT2D eigenvalue weighted by atomic mass is 16.2. The fourth-order valence-electron chi connectivity index (χ4n) is 7.22. The third kappa shape index (κ3) is 18.4. The van der Waals surface area contributed by atoms with Crippen LogP contribution in [0.5, 0.6) is 0 Å². The zero-order valence-corrected chi connectivity index (χ0v) is 36.0. The monoisotopic (exact) mass is 788 g/mol. The van der Waals surface area contributed by atoms with Gasteiger partial charge in [0.25, 0.3) is 0 Å². The van der Waals surface area contributed by atoms with Gasteiger partial charge in [0.1, 0.15) is 18.1 Å². The Balaban J connectivity index is 1.71. The summed E-state index contributed by atoms with van der Waals surface area (Å²) in [6.07, 6.45) is 11.5. The van der Waals surface area contributed by atoms with E-state index < -0.39 is 47.3 Å². The summed E-state index contributed by atoms with van der Waals surface area (Å²) in [6.45, 7) is 11.0. The Morgan fingerprint density at radius 2 is 1.07 bits per heavy atom. The topological polar surface area (TPSA) is 137 Å². The van der Waals surface area contributed by atoms with Crippen molar-refractivity contribution in [2.75, 3.05) is 20.6 Å². The molecule has 0 spiro atoms. The van der Waals surface area contributed by atoms with Crippen LogP contribution in [0.4, 0.5) is 0 Å². The highest BCUT2D eigenvalue weighted by Gasteiger charge is 2.48. The Bertz CT molecular complexity index is 1530. The van der Waals surface area contributed by atoms with Crippen molar-refractivity contribution < 1.29 is 24.0 Å².